The lowest BCUT2D eigenvalue weighted by Gasteiger charge is -2.19. The molecule has 6 nitrogen and oxygen atoms in total. The molecule has 172 valence electrons. The van der Waals surface area contributed by atoms with E-state index in [0.717, 1.165) is 12.8 Å². The van der Waals surface area contributed by atoms with Crippen LogP contribution < -0.4 is 5.32 Å². The van der Waals surface area contributed by atoms with Crippen LogP contribution in [0.15, 0.2) is 66.7 Å². The molecular formula is C27H22ClNO5. The molecule has 0 unspecified atom stereocenters. The molecule has 1 atom stereocenters. The van der Waals surface area contributed by atoms with Crippen molar-refractivity contribution in [2.75, 3.05) is 6.61 Å². The Morgan fingerprint density at radius 2 is 1.53 bits per heavy atom. The van der Waals surface area contributed by atoms with Gasteiger partial charge in [0.1, 0.15) is 0 Å². The van der Waals surface area contributed by atoms with Gasteiger partial charge in [0, 0.05) is 22.7 Å². The van der Waals surface area contributed by atoms with Crippen LogP contribution in [0, 0.1) is 0 Å². The number of halogens is 1. The van der Waals surface area contributed by atoms with Crippen LogP contribution in [0.1, 0.15) is 61.1 Å². The number of esters is 1. The second-order valence-corrected chi connectivity index (χ2v) is 8.50. The van der Waals surface area contributed by atoms with Gasteiger partial charge in [-0.05, 0) is 37.5 Å². The van der Waals surface area contributed by atoms with Crippen molar-refractivity contribution in [1.82, 2.24) is 5.32 Å². The van der Waals surface area contributed by atoms with Crippen LogP contribution >= 0.6 is 11.6 Å². The lowest BCUT2D eigenvalue weighted by atomic mass is 9.83. The van der Waals surface area contributed by atoms with E-state index >= 15 is 0 Å². The second kappa shape index (κ2) is 10.0. The van der Waals surface area contributed by atoms with Crippen molar-refractivity contribution < 1.29 is 23.9 Å². The number of carbonyl (C=O) groups is 4. The number of amides is 1. The molecule has 1 amide bonds. The summed E-state index contributed by atoms with van der Waals surface area (Å²) in [6.07, 6.45) is 1.54. The highest BCUT2D eigenvalue weighted by atomic mass is 35.5. The van der Waals surface area contributed by atoms with Gasteiger partial charge in [-0.1, -0.05) is 66.2 Å². The van der Waals surface area contributed by atoms with E-state index in [2.05, 4.69) is 5.32 Å². The van der Waals surface area contributed by atoms with Crippen molar-refractivity contribution in [2.45, 2.75) is 25.8 Å². The van der Waals surface area contributed by atoms with E-state index in [9.17, 15) is 19.2 Å². The molecule has 34 heavy (non-hydrogen) atoms. The maximum absolute atomic E-state index is 12.9. The third kappa shape index (κ3) is 4.77. The van der Waals surface area contributed by atoms with Gasteiger partial charge in [-0.25, -0.2) is 4.79 Å². The van der Waals surface area contributed by atoms with Gasteiger partial charge in [0.15, 0.2) is 18.2 Å². The zero-order valence-electron chi connectivity index (χ0n) is 18.5. The van der Waals surface area contributed by atoms with Crippen LogP contribution in [0.25, 0.3) is 0 Å². The number of aryl methyl sites for hydroxylation is 1. The highest BCUT2D eigenvalue weighted by Gasteiger charge is 2.33. The minimum atomic E-state index is -0.848. The molecule has 0 saturated carbocycles. The standard InChI is InChI=1S/C27H22ClNO5/c1-16(11-12-17-7-3-2-4-8-17)29-22(30)15-34-27(33)21-14-13-20-23(24(21)28)26(32)19-10-6-5-9-18(19)25(20)31/h2-10,13-14,16H,11-12,15H2,1H3,(H,29,30)/t16-/m0/s1. The van der Waals surface area contributed by atoms with E-state index in [0.29, 0.717) is 5.56 Å². The molecule has 0 bridgehead atoms. The predicted octanol–water partition coefficient (Wildman–Crippen LogP) is 4.41. The van der Waals surface area contributed by atoms with Crippen molar-refractivity contribution in [3.63, 3.8) is 0 Å². The van der Waals surface area contributed by atoms with Crippen LogP contribution in [0.4, 0.5) is 0 Å². The fraction of sp³-hybridized carbons (Fsp3) is 0.185. The molecule has 0 fully saturated rings. The molecule has 7 heteroatoms. The van der Waals surface area contributed by atoms with E-state index in [1.54, 1.807) is 24.3 Å². The van der Waals surface area contributed by atoms with Crippen molar-refractivity contribution in [3.8, 4) is 0 Å². The molecule has 0 saturated heterocycles. The number of hydrogen-bond acceptors (Lipinski definition) is 5. The molecular weight excluding hydrogens is 454 g/mol. The molecule has 0 radical (unpaired) electrons. The number of rotatable bonds is 7. The van der Waals surface area contributed by atoms with E-state index in [1.807, 2.05) is 37.3 Å². The van der Waals surface area contributed by atoms with E-state index in [4.69, 9.17) is 16.3 Å². The average Bonchev–Trinajstić information content (AvgIpc) is 2.85. The van der Waals surface area contributed by atoms with Crippen LogP contribution in [0.5, 0.6) is 0 Å². The number of ketones is 2. The highest BCUT2D eigenvalue weighted by molar-refractivity contribution is 6.41. The van der Waals surface area contributed by atoms with E-state index in [-0.39, 0.29) is 39.1 Å². The Balaban J connectivity index is 1.39. The Morgan fingerprint density at radius 1 is 0.882 bits per heavy atom. The summed E-state index contributed by atoms with van der Waals surface area (Å²) in [5, 5.41) is 2.64. The smallest absolute Gasteiger partial charge is 0.340 e. The summed E-state index contributed by atoms with van der Waals surface area (Å²) in [4.78, 5) is 50.5. The lowest BCUT2D eigenvalue weighted by Crippen LogP contribution is -2.36. The van der Waals surface area contributed by atoms with Crippen molar-refractivity contribution in [2.24, 2.45) is 0 Å². The third-order valence-electron chi connectivity index (χ3n) is 5.70. The SMILES string of the molecule is C[C@@H](CCc1ccccc1)NC(=O)COC(=O)c1ccc2c(c1Cl)C(=O)c1ccccc1C2=O. The minimum absolute atomic E-state index is 0.0289. The third-order valence-corrected chi connectivity index (χ3v) is 6.09. The van der Waals surface area contributed by atoms with Gasteiger partial charge in [0.2, 0.25) is 0 Å². The van der Waals surface area contributed by atoms with E-state index in [1.165, 1.54) is 17.7 Å². The van der Waals surface area contributed by atoms with Crippen LogP contribution in [-0.4, -0.2) is 36.1 Å². The van der Waals surface area contributed by atoms with Crippen molar-refractivity contribution in [3.05, 3.63) is 105 Å². The molecule has 1 N–H and O–H groups in total. The molecule has 3 aromatic rings. The highest BCUT2D eigenvalue weighted by Crippen LogP contribution is 2.34. The first kappa shape index (κ1) is 23.4. The molecule has 0 heterocycles. The summed E-state index contributed by atoms with van der Waals surface area (Å²) in [5.41, 5.74) is 1.73. The van der Waals surface area contributed by atoms with E-state index < -0.39 is 24.3 Å². The van der Waals surface area contributed by atoms with Crippen molar-refractivity contribution in [1.29, 1.82) is 0 Å². The van der Waals surface area contributed by atoms with Gasteiger partial charge in [0.25, 0.3) is 5.91 Å². The van der Waals surface area contributed by atoms with Crippen LogP contribution in [-0.2, 0) is 16.0 Å². The Kier molecular flexibility index (Phi) is 6.89. The lowest BCUT2D eigenvalue weighted by molar-refractivity contribution is -0.124. The van der Waals surface area contributed by atoms with Gasteiger partial charge < -0.3 is 10.1 Å². The number of hydrogen-bond donors (Lipinski definition) is 1. The summed E-state index contributed by atoms with van der Waals surface area (Å²) in [7, 11) is 0. The normalized spacial score (nSPS) is 13.0. The fourth-order valence-corrected chi connectivity index (χ4v) is 4.26. The largest absolute Gasteiger partial charge is 0.452 e. The second-order valence-electron chi connectivity index (χ2n) is 8.12. The molecule has 3 aromatic carbocycles. The van der Waals surface area contributed by atoms with Gasteiger partial charge in [0.05, 0.1) is 16.1 Å². The first-order chi connectivity index (χ1) is 16.4. The van der Waals surface area contributed by atoms with Gasteiger partial charge >= 0.3 is 5.97 Å². The molecule has 1 aliphatic carbocycles. The zero-order chi connectivity index (χ0) is 24.2. The first-order valence-corrected chi connectivity index (χ1v) is 11.3. The van der Waals surface area contributed by atoms with Crippen LogP contribution in [0.2, 0.25) is 5.02 Å². The summed E-state index contributed by atoms with van der Waals surface area (Å²) >= 11 is 6.37. The number of carbonyl (C=O) groups excluding carboxylic acids is 4. The summed E-state index contributed by atoms with van der Waals surface area (Å²) in [6.45, 7) is 1.39. The average molecular weight is 476 g/mol. The fourth-order valence-electron chi connectivity index (χ4n) is 3.93. The molecule has 0 aliphatic heterocycles. The number of nitrogens with one attached hydrogen (secondary N) is 1. The number of benzene rings is 3. The monoisotopic (exact) mass is 475 g/mol. The van der Waals surface area contributed by atoms with Gasteiger partial charge in [-0.2, -0.15) is 0 Å². The summed E-state index contributed by atoms with van der Waals surface area (Å²) < 4.78 is 5.13. The number of fused-ring (bicyclic) bond motifs is 2. The molecule has 0 spiro atoms. The Labute approximate surface area is 201 Å². The topological polar surface area (TPSA) is 89.5 Å². The Bertz CT molecular complexity index is 1290. The molecule has 0 aromatic heterocycles. The quantitative estimate of drug-likeness (QED) is 0.400. The van der Waals surface area contributed by atoms with Gasteiger partial charge in [-0.15, -0.1) is 0 Å². The maximum atomic E-state index is 12.9. The molecule has 4 rings (SSSR count). The zero-order valence-corrected chi connectivity index (χ0v) is 19.2. The summed E-state index contributed by atoms with van der Waals surface area (Å²) in [5.74, 6) is -2.06. The van der Waals surface area contributed by atoms with Gasteiger partial charge in [-0.3, -0.25) is 14.4 Å². The Morgan fingerprint density at radius 3 is 2.24 bits per heavy atom. The minimum Gasteiger partial charge on any atom is -0.452 e. The maximum Gasteiger partial charge on any atom is 0.340 e. The predicted molar refractivity (Wildman–Crippen MR) is 127 cm³/mol. The first-order valence-electron chi connectivity index (χ1n) is 10.9. The Hall–Kier alpha value is -3.77. The molecule has 1 aliphatic rings. The summed E-state index contributed by atoms with van der Waals surface area (Å²) in [6, 6.07) is 19.0. The number of ether oxygens (including phenoxy) is 1. The van der Waals surface area contributed by atoms with Crippen LogP contribution in [0.3, 0.4) is 0 Å². The van der Waals surface area contributed by atoms with Crippen molar-refractivity contribution >= 4 is 35.0 Å².